The van der Waals surface area contributed by atoms with Gasteiger partial charge in [0, 0.05) is 26.2 Å². The molecule has 6 heteroatoms. The average Bonchev–Trinajstić information content (AvgIpc) is 2.90. The molecule has 0 aliphatic carbocycles. The maximum Gasteiger partial charge on any atom is 0.250 e. The third kappa shape index (κ3) is 2.06. The number of aromatic nitrogens is 4. The summed E-state index contributed by atoms with van der Waals surface area (Å²) in [4.78, 5) is 4.54. The summed E-state index contributed by atoms with van der Waals surface area (Å²) in [6, 6.07) is 9.99. The highest BCUT2D eigenvalue weighted by Gasteiger charge is 2.20. The molecule has 1 aromatic carbocycles. The first kappa shape index (κ1) is 11.2. The van der Waals surface area contributed by atoms with Gasteiger partial charge in [0.1, 0.15) is 0 Å². The van der Waals surface area contributed by atoms with Gasteiger partial charge >= 0.3 is 0 Å². The molecule has 3 rings (SSSR count). The van der Waals surface area contributed by atoms with Crippen LogP contribution in [0.2, 0.25) is 0 Å². The number of likely N-dealkylation sites (N-methyl/N-ethyl adjacent to an activating group) is 1. The molecule has 0 bridgehead atoms. The Labute approximate surface area is 106 Å². The molecule has 1 saturated heterocycles. The minimum absolute atomic E-state index is 0.828. The van der Waals surface area contributed by atoms with Gasteiger partial charge in [0.25, 0.3) is 0 Å². The van der Waals surface area contributed by atoms with E-state index in [1.165, 1.54) is 0 Å². The summed E-state index contributed by atoms with van der Waals surface area (Å²) in [6.07, 6.45) is 0. The van der Waals surface area contributed by atoms with Gasteiger partial charge in [-0.25, -0.2) is 0 Å². The number of para-hydroxylation sites is 1. The van der Waals surface area contributed by atoms with Crippen LogP contribution in [-0.4, -0.2) is 58.3 Å². The van der Waals surface area contributed by atoms with Crippen molar-refractivity contribution >= 4 is 5.95 Å². The molecule has 1 aliphatic heterocycles. The van der Waals surface area contributed by atoms with Crippen molar-refractivity contribution in [3.05, 3.63) is 30.3 Å². The highest BCUT2D eigenvalue weighted by Crippen LogP contribution is 2.16. The summed E-state index contributed by atoms with van der Waals surface area (Å²) in [7, 11) is 2.14. The molecular weight excluding hydrogens is 228 g/mol. The number of rotatable bonds is 2. The van der Waals surface area contributed by atoms with Gasteiger partial charge < -0.3 is 9.80 Å². The number of hydrogen-bond acceptors (Lipinski definition) is 5. The quantitative estimate of drug-likeness (QED) is 0.766. The van der Waals surface area contributed by atoms with Crippen LogP contribution in [0.25, 0.3) is 5.69 Å². The summed E-state index contributed by atoms with van der Waals surface area (Å²) >= 11 is 0. The molecule has 1 aliphatic rings. The topological polar surface area (TPSA) is 50.1 Å². The first-order chi connectivity index (χ1) is 8.84. The lowest BCUT2D eigenvalue weighted by molar-refractivity contribution is 0.310. The molecule has 0 spiro atoms. The predicted molar refractivity (Wildman–Crippen MR) is 68.9 cm³/mol. The van der Waals surface area contributed by atoms with Gasteiger partial charge in [0.15, 0.2) is 0 Å². The van der Waals surface area contributed by atoms with Crippen molar-refractivity contribution in [1.82, 2.24) is 25.1 Å². The summed E-state index contributed by atoms with van der Waals surface area (Å²) in [5.41, 5.74) is 0.997. The molecule has 0 N–H and O–H groups in total. The second kappa shape index (κ2) is 4.73. The molecule has 6 nitrogen and oxygen atoms in total. The fraction of sp³-hybridized carbons (Fsp3) is 0.417. The molecule has 18 heavy (non-hydrogen) atoms. The van der Waals surface area contributed by atoms with Crippen LogP contribution in [0.3, 0.4) is 0 Å². The number of nitrogens with zero attached hydrogens (tertiary/aromatic N) is 6. The predicted octanol–water partition coefficient (Wildman–Crippen LogP) is 0.414. The van der Waals surface area contributed by atoms with Gasteiger partial charge in [-0.1, -0.05) is 23.3 Å². The lowest BCUT2D eigenvalue weighted by atomic mass is 10.3. The second-order valence-corrected chi connectivity index (χ2v) is 4.52. The molecule has 0 atom stereocenters. The van der Waals surface area contributed by atoms with Gasteiger partial charge in [-0.05, 0) is 29.6 Å². The largest absolute Gasteiger partial charge is 0.337 e. The van der Waals surface area contributed by atoms with Crippen LogP contribution in [0, 0.1) is 0 Å². The first-order valence-corrected chi connectivity index (χ1v) is 6.12. The van der Waals surface area contributed by atoms with Gasteiger partial charge in [-0.3, -0.25) is 0 Å². The third-order valence-corrected chi connectivity index (χ3v) is 3.24. The highest BCUT2D eigenvalue weighted by atomic mass is 15.6. The molecule has 94 valence electrons. The van der Waals surface area contributed by atoms with Gasteiger partial charge in [0.05, 0.1) is 5.69 Å². The molecule has 1 aromatic heterocycles. The Morgan fingerprint density at radius 1 is 1.00 bits per heavy atom. The lowest BCUT2D eigenvalue weighted by Gasteiger charge is -2.32. The van der Waals surface area contributed by atoms with E-state index in [1.807, 2.05) is 30.3 Å². The SMILES string of the molecule is CN1CCN(c2nnnn2-c2ccccc2)CC1. The van der Waals surface area contributed by atoms with Crippen LogP contribution in [0.1, 0.15) is 0 Å². The Balaban J connectivity index is 1.88. The molecule has 1 fully saturated rings. The summed E-state index contributed by atoms with van der Waals surface area (Å²) < 4.78 is 1.80. The zero-order valence-electron chi connectivity index (χ0n) is 10.4. The van der Waals surface area contributed by atoms with Crippen molar-refractivity contribution in [3.63, 3.8) is 0 Å². The number of anilines is 1. The van der Waals surface area contributed by atoms with Gasteiger partial charge in [-0.15, -0.1) is 0 Å². The fourth-order valence-electron chi connectivity index (χ4n) is 2.12. The number of hydrogen-bond donors (Lipinski definition) is 0. The number of piperazine rings is 1. The summed E-state index contributed by atoms with van der Waals surface area (Å²) in [6.45, 7) is 4.01. The van der Waals surface area contributed by atoms with E-state index in [4.69, 9.17) is 0 Å². The van der Waals surface area contributed by atoms with Crippen molar-refractivity contribution < 1.29 is 0 Å². The van der Waals surface area contributed by atoms with Crippen LogP contribution in [0.5, 0.6) is 0 Å². The maximum absolute atomic E-state index is 4.15. The van der Waals surface area contributed by atoms with E-state index < -0.39 is 0 Å². The Morgan fingerprint density at radius 3 is 2.44 bits per heavy atom. The third-order valence-electron chi connectivity index (χ3n) is 3.24. The zero-order valence-corrected chi connectivity index (χ0v) is 10.4. The summed E-state index contributed by atoms with van der Waals surface area (Å²) in [5.74, 6) is 0.828. The average molecular weight is 244 g/mol. The van der Waals surface area contributed by atoms with Crippen LogP contribution < -0.4 is 4.90 Å². The van der Waals surface area contributed by atoms with Crippen LogP contribution in [0.15, 0.2) is 30.3 Å². The van der Waals surface area contributed by atoms with E-state index in [9.17, 15) is 0 Å². The molecule has 0 saturated carbocycles. The van der Waals surface area contributed by atoms with Crippen LogP contribution in [0.4, 0.5) is 5.95 Å². The molecule has 2 heterocycles. The van der Waals surface area contributed by atoms with Gasteiger partial charge in [0.2, 0.25) is 5.95 Å². The van der Waals surface area contributed by atoms with E-state index in [1.54, 1.807) is 4.68 Å². The van der Waals surface area contributed by atoms with E-state index in [2.05, 4.69) is 32.4 Å². The fourth-order valence-corrected chi connectivity index (χ4v) is 2.12. The molecule has 2 aromatic rings. The minimum Gasteiger partial charge on any atom is -0.337 e. The van der Waals surface area contributed by atoms with Crippen molar-refractivity contribution in [2.45, 2.75) is 0 Å². The number of benzene rings is 1. The lowest BCUT2D eigenvalue weighted by Crippen LogP contribution is -2.45. The Hall–Kier alpha value is -1.95. The Kier molecular flexibility index (Phi) is 2.93. The normalized spacial score (nSPS) is 17.1. The molecule has 0 amide bonds. The maximum atomic E-state index is 4.15. The van der Waals surface area contributed by atoms with Crippen LogP contribution in [-0.2, 0) is 0 Å². The smallest absolute Gasteiger partial charge is 0.250 e. The Morgan fingerprint density at radius 2 is 1.72 bits per heavy atom. The van der Waals surface area contributed by atoms with Crippen molar-refractivity contribution in [3.8, 4) is 5.69 Å². The highest BCUT2D eigenvalue weighted by molar-refractivity contribution is 5.40. The van der Waals surface area contributed by atoms with Crippen molar-refractivity contribution in [2.24, 2.45) is 0 Å². The summed E-state index contributed by atoms with van der Waals surface area (Å²) in [5, 5.41) is 12.0. The van der Waals surface area contributed by atoms with E-state index in [0.29, 0.717) is 0 Å². The first-order valence-electron chi connectivity index (χ1n) is 6.12. The van der Waals surface area contributed by atoms with E-state index in [-0.39, 0.29) is 0 Å². The van der Waals surface area contributed by atoms with E-state index in [0.717, 1.165) is 37.8 Å². The van der Waals surface area contributed by atoms with Crippen LogP contribution >= 0.6 is 0 Å². The number of tetrazole rings is 1. The zero-order chi connectivity index (χ0) is 12.4. The van der Waals surface area contributed by atoms with E-state index >= 15 is 0 Å². The molecular formula is C12H16N6. The molecule has 0 unspecified atom stereocenters. The Bertz CT molecular complexity index is 500. The van der Waals surface area contributed by atoms with Gasteiger partial charge in [-0.2, -0.15) is 4.68 Å². The standard InChI is InChI=1S/C12H16N6/c1-16-7-9-17(10-8-16)12-13-14-15-18(12)11-5-3-2-4-6-11/h2-6H,7-10H2,1H3. The minimum atomic E-state index is 0.828. The van der Waals surface area contributed by atoms with Crippen molar-refractivity contribution in [2.75, 3.05) is 38.1 Å². The molecule has 0 radical (unpaired) electrons. The van der Waals surface area contributed by atoms with Crippen molar-refractivity contribution in [1.29, 1.82) is 0 Å². The monoisotopic (exact) mass is 244 g/mol. The second-order valence-electron chi connectivity index (χ2n) is 4.52.